The second-order valence-corrected chi connectivity index (χ2v) is 6.70. The summed E-state index contributed by atoms with van der Waals surface area (Å²) in [5, 5.41) is 6.95. The van der Waals surface area contributed by atoms with E-state index in [1.807, 2.05) is 7.05 Å². The minimum absolute atomic E-state index is 0.458. The van der Waals surface area contributed by atoms with E-state index in [1.165, 1.54) is 51.6 Å². The van der Waals surface area contributed by atoms with Crippen LogP contribution in [0.2, 0.25) is 0 Å². The number of likely N-dealkylation sites (tertiary alicyclic amines) is 1. The van der Waals surface area contributed by atoms with E-state index in [0.29, 0.717) is 5.41 Å². The van der Waals surface area contributed by atoms with Gasteiger partial charge in [0.2, 0.25) is 0 Å². The average Bonchev–Trinajstić information content (AvgIpc) is 3.32. The molecule has 128 valence electrons. The lowest BCUT2D eigenvalue weighted by molar-refractivity contribution is 0.128. The SMILES string of the molecule is CCOCCC1(CNC(=NC)NCCN2CCCCC2)CC1. The molecular weight excluding hydrogens is 276 g/mol. The van der Waals surface area contributed by atoms with Crippen LogP contribution in [0.25, 0.3) is 0 Å². The van der Waals surface area contributed by atoms with Gasteiger partial charge in [0, 0.05) is 39.9 Å². The summed E-state index contributed by atoms with van der Waals surface area (Å²) in [6, 6.07) is 0. The highest BCUT2D eigenvalue weighted by Gasteiger charge is 2.41. The molecule has 2 aliphatic rings. The summed E-state index contributed by atoms with van der Waals surface area (Å²) in [5.41, 5.74) is 0.458. The Bertz CT molecular complexity index is 336. The van der Waals surface area contributed by atoms with E-state index >= 15 is 0 Å². The highest BCUT2D eigenvalue weighted by Crippen LogP contribution is 2.48. The van der Waals surface area contributed by atoms with Gasteiger partial charge in [-0.1, -0.05) is 6.42 Å². The minimum atomic E-state index is 0.458. The summed E-state index contributed by atoms with van der Waals surface area (Å²) < 4.78 is 5.50. The molecule has 2 rings (SSSR count). The maximum Gasteiger partial charge on any atom is 0.191 e. The molecule has 1 heterocycles. The van der Waals surface area contributed by atoms with Crippen molar-refractivity contribution in [2.45, 2.75) is 45.4 Å². The molecular formula is C17H34N4O. The number of guanidine groups is 1. The van der Waals surface area contributed by atoms with Crippen LogP contribution in [0.15, 0.2) is 4.99 Å². The quantitative estimate of drug-likeness (QED) is 0.388. The Kier molecular flexibility index (Phi) is 7.46. The van der Waals surface area contributed by atoms with Crippen molar-refractivity contribution < 1.29 is 4.74 Å². The Labute approximate surface area is 135 Å². The third-order valence-corrected chi connectivity index (χ3v) is 4.96. The van der Waals surface area contributed by atoms with Gasteiger partial charge in [0.15, 0.2) is 5.96 Å². The molecule has 0 bridgehead atoms. The van der Waals surface area contributed by atoms with Crippen molar-refractivity contribution in [2.24, 2.45) is 10.4 Å². The van der Waals surface area contributed by atoms with E-state index in [9.17, 15) is 0 Å². The van der Waals surface area contributed by atoms with Crippen LogP contribution in [-0.4, -0.2) is 63.8 Å². The van der Waals surface area contributed by atoms with Gasteiger partial charge < -0.3 is 20.3 Å². The molecule has 0 aromatic carbocycles. The van der Waals surface area contributed by atoms with Crippen LogP contribution in [0.1, 0.15) is 45.4 Å². The number of hydrogen-bond donors (Lipinski definition) is 2. The molecule has 0 amide bonds. The van der Waals surface area contributed by atoms with E-state index in [4.69, 9.17) is 4.74 Å². The first-order valence-electron chi connectivity index (χ1n) is 9.03. The van der Waals surface area contributed by atoms with Gasteiger partial charge >= 0.3 is 0 Å². The number of nitrogens with zero attached hydrogens (tertiary/aromatic N) is 2. The fourth-order valence-electron chi connectivity index (χ4n) is 3.13. The Morgan fingerprint density at radius 3 is 2.59 bits per heavy atom. The molecule has 0 radical (unpaired) electrons. The zero-order valence-electron chi connectivity index (χ0n) is 14.5. The number of ether oxygens (including phenoxy) is 1. The van der Waals surface area contributed by atoms with Crippen LogP contribution in [-0.2, 0) is 4.74 Å². The van der Waals surface area contributed by atoms with Gasteiger partial charge in [-0.05, 0) is 57.5 Å². The van der Waals surface area contributed by atoms with Crippen molar-refractivity contribution in [1.29, 1.82) is 0 Å². The summed E-state index contributed by atoms with van der Waals surface area (Å²) in [6.07, 6.45) is 7.91. The van der Waals surface area contributed by atoms with Crippen molar-refractivity contribution in [2.75, 3.05) is 53.0 Å². The van der Waals surface area contributed by atoms with E-state index < -0.39 is 0 Å². The minimum Gasteiger partial charge on any atom is -0.382 e. The average molecular weight is 310 g/mol. The molecule has 1 aliphatic carbocycles. The maximum absolute atomic E-state index is 5.50. The van der Waals surface area contributed by atoms with Crippen LogP contribution < -0.4 is 10.6 Å². The van der Waals surface area contributed by atoms with Crippen molar-refractivity contribution >= 4 is 5.96 Å². The lowest BCUT2D eigenvalue weighted by Crippen LogP contribution is -2.44. The summed E-state index contributed by atoms with van der Waals surface area (Å²) in [5.74, 6) is 0.944. The first kappa shape index (κ1) is 17.5. The van der Waals surface area contributed by atoms with Gasteiger partial charge in [-0.15, -0.1) is 0 Å². The zero-order valence-corrected chi connectivity index (χ0v) is 14.5. The topological polar surface area (TPSA) is 48.9 Å². The smallest absolute Gasteiger partial charge is 0.191 e. The molecule has 0 atom stereocenters. The van der Waals surface area contributed by atoms with Crippen LogP contribution in [0, 0.1) is 5.41 Å². The monoisotopic (exact) mass is 310 g/mol. The molecule has 1 saturated heterocycles. The van der Waals surface area contributed by atoms with Crippen molar-refractivity contribution in [3.05, 3.63) is 0 Å². The van der Waals surface area contributed by atoms with Crippen molar-refractivity contribution in [3.63, 3.8) is 0 Å². The maximum atomic E-state index is 5.50. The van der Waals surface area contributed by atoms with Gasteiger partial charge in [-0.3, -0.25) is 4.99 Å². The lowest BCUT2D eigenvalue weighted by Gasteiger charge is -2.26. The van der Waals surface area contributed by atoms with Crippen molar-refractivity contribution in [1.82, 2.24) is 15.5 Å². The van der Waals surface area contributed by atoms with Crippen LogP contribution in [0.4, 0.5) is 0 Å². The Balaban J connectivity index is 1.58. The standard InChI is InChI=1S/C17H34N4O/c1-3-22-14-9-17(7-8-17)15-20-16(18-2)19-10-13-21-11-5-4-6-12-21/h3-15H2,1-2H3,(H2,18,19,20). The molecule has 5 nitrogen and oxygen atoms in total. The highest BCUT2D eigenvalue weighted by atomic mass is 16.5. The number of aliphatic imine (C=N–C) groups is 1. The molecule has 22 heavy (non-hydrogen) atoms. The first-order chi connectivity index (χ1) is 10.8. The van der Waals surface area contributed by atoms with Gasteiger partial charge in [0.05, 0.1) is 0 Å². The van der Waals surface area contributed by atoms with Gasteiger partial charge in [0.1, 0.15) is 0 Å². The Morgan fingerprint density at radius 2 is 1.95 bits per heavy atom. The summed E-state index contributed by atoms with van der Waals surface area (Å²) in [6.45, 7) is 9.40. The molecule has 0 spiro atoms. The molecule has 1 saturated carbocycles. The zero-order chi connectivity index (χ0) is 15.7. The molecule has 1 aliphatic heterocycles. The summed E-state index contributed by atoms with van der Waals surface area (Å²) in [7, 11) is 1.86. The van der Waals surface area contributed by atoms with E-state index in [1.54, 1.807) is 0 Å². The van der Waals surface area contributed by atoms with E-state index in [0.717, 1.165) is 38.8 Å². The predicted octanol–water partition coefficient (Wildman–Crippen LogP) is 1.84. The van der Waals surface area contributed by atoms with Gasteiger partial charge in [-0.2, -0.15) is 0 Å². The normalized spacial score (nSPS) is 21.6. The largest absolute Gasteiger partial charge is 0.382 e. The van der Waals surface area contributed by atoms with E-state index in [2.05, 4.69) is 27.4 Å². The van der Waals surface area contributed by atoms with Crippen molar-refractivity contribution in [3.8, 4) is 0 Å². The lowest BCUT2D eigenvalue weighted by atomic mass is 10.0. The fourth-order valence-corrected chi connectivity index (χ4v) is 3.13. The second-order valence-electron chi connectivity index (χ2n) is 6.70. The van der Waals surface area contributed by atoms with Gasteiger partial charge in [-0.25, -0.2) is 0 Å². The third kappa shape index (κ3) is 6.13. The number of hydrogen-bond acceptors (Lipinski definition) is 3. The fraction of sp³-hybridized carbons (Fsp3) is 0.941. The predicted molar refractivity (Wildman–Crippen MR) is 92.4 cm³/mol. The Hall–Kier alpha value is -0.810. The van der Waals surface area contributed by atoms with E-state index in [-0.39, 0.29) is 0 Å². The number of rotatable bonds is 9. The number of nitrogens with one attached hydrogen (secondary N) is 2. The molecule has 2 fully saturated rings. The molecule has 0 unspecified atom stereocenters. The molecule has 0 aromatic rings. The number of piperidine rings is 1. The third-order valence-electron chi connectivity index (χ3n) is 4.96. The Morgan fingerprint density at radius 1 is 1.18 bits per heavy atom. The van der Waals surface area contributed by atoms with Crippen LogP contribution >= 0.6 is 0 Å². The molecule has 0 aromatic heterocycles. The first-order valence-corrected chi connectivity index (χ1v) is 9.03. The summed E-state index contributed by atoms with van der Waals surface area (Å²) >= 11 is 0. The van der Waals surface area contributed by atoms with Gasteiger partial charge in [0.25, 0.3) is 0 Å². The second kappa shape index (κ2) is 9.36. The molecule has 5 heteroatoms. The summed E-state index contributed by atoms with van der Waals surface area (Å²) in [4.78, 5) is 6.89. The highest BCUT2D eigenvalue weighted by molar-refractivity contribution is 5.79. The van der Waals surface area contributed by atoms with Crippen LogP contribution in [0.5, 0.6) is 0 Å². The van der Waals surface area contributed by atoms with Crippen LogP contribution in [0.3, 0.4) is 0 Å². The molecule has 2 N–H and O–H groups in total.